The van der Waals surface area contributed by atoms with Crippen LogP contribution in [0.15, 0.2) is 0 Å². The van der Waals surface area contributed by atoms with Crippen LogP contribution in [0.5, 0.6) is 0 Å². The molecule has 1 rings (SSSR count). The first-order valence-corrected chi connectivity index (χ1v) is 8.34. The zero-order chi connectivity index (χ0) is 15.3. The molecule has 0 radical (unpaired) electrons. The van der Waals surface area contributed by atoms with Crippen LogP contribution in [0.3, 0.4) is 0 Å². The van der Waals surface area contributed by atoms with E-state index in [0.29, 0.717) is 6.42 Å². The lowest BCUT2D eigenvalue weighted by Gasteiger charge is -2.44. The van der Waals surface area contributed by atoms with Crippen molar-refractivity contribution in [3.05, 3.63) is 0 Å². The van der Waals surface area contributed by atoms with Gasteiger partial charge in [0, 0.05) is 0 Å². The lowest BCUT2D eigenvalue weighted by Crippen LogP contribution is -2.49. The number of ether oxygens (including phenoxy) is 1. The maximum atomic E-state index is 12.1. The van der Waals surface area contributed by atoms with Crippen molar-refractivity contribution in [2.24, 2.45) is 17.3 Å². The highest BCUT2D eigenvalue weighted by Gasteiger charge is 2.68. The smallest absolute Gasteiger partial charge is 0.357 e. The first-order valence-electron chi connectivity index (χ1n) is 6.73. The fourth-order valence-corrected chi connectivity index (χ4v) is 4.73. The van der Waals surface area contributed by atoms with Crippen LogP contribution in [0, 0.1) is 17.3 Å². The van der Waals surface area contributed by atoms with E-state index in [9.17, 15) is 19.5 Å². The van der Waals surface area contributed by atoms with Gasteiger partial charge in [0.1, 0.15) is 0 Å². The van der Waals surface area contributed by atoms with Gasteiger partial charge in [0.25, 0.3) is 0 Å². The zero-order valence-electron chi connectivity index (χ0n) is 12.7. The molecule has 1 aliphatic carbocycles. The van der Waals surface area contributed by atoms with Gasteiger partial charge in [-0.2, -0.15) is 0 Å². The summed E-state index contributed by atoms with van der Waals surface area (Å²) in [5, 5.41) is 8.05. The second-order valence-corrected chi connectivity index (χ2v) is 8.71. The molecule has 6 heteroatoms. The Morgan fingerprint density at radius 2 is 1.58 bits per heavy atom. The average molecular weight is 294 g/mol. The SMILES string of the molecule is CC(C)C(OC1(CO)CC1(C)C)(C(C)C)P(=O)(O)O. The third-order valence-corrected chi connectivity index (χ3v) is 6.59. The molecule has 0 aliphatic heterocycles. The highest BCUT2D eigenvalue weighted by molar-refractivity contribution is 7.53. The Bertz CT molecular complexity index is 376. The molecule has 0 bridgehead atoms. The van der Waals surface area contributed by atoms with Crippen LogP contribution in [0.1, 0.15) is 48.0 Å². The standard InChI is InChI=1S/C13H27O5P/c1-9(2)13(10(3)4,19(15,16)17)18-12(8-14)7-11(12,5)6/h9-10,14H,7-8H2,1-6H3,(H2,15,16,17). The average Bonchev–Trinajstić information content (AvgIpc) is 2.74. The molecule has 1 atom stereocenters. The molecule has 5 nitrogen and oxygen atoms in total. The molecular formula is C13H27O5P. The quantitative estimate of drug-likeness (QED) is 0.655. The van der Waals surface area contributed by atoms with Gasteiger partial charge >= 0.3 is 7.60 Å². The second kappa shape index (κ2) is 4.81. The van der Waals surface area contributed by atoms with Crippen LogP contribution in [0.25, 0.3) is 0 Å². The third-order valence-electron chi connectivity index (χ3n) is 4.56. The Labute approximate surface area is 115 Å². The van der Waals surface area contributed by atoms with E-state index in [-0.39, 0.29) is 23.9 Å². The van der Waals surface area contributed by atoms with E-state index in [0.717, 1.165) is 0 Å². The Kier molecular flexibility index (Phi) is 4.34. The summed E-state index contributed by atoms with van der Waals surface area (Å²) in [6.07, 6.45) is 0.609. The fraction of sp³-hybridized carbons (Fsp3) is 1.00. The summed E-state index contributed by atoms with van der Waals surface area (Å²) in [6, 6.07) is 0. The number of hydrogen-bond donors (Lipinski definition) is 3. The maximum Gasteiger partial charge on any atom is 0.357 e. The van der Waals surface area contributed by atoms with Gasteiger partial charge in [-0.05, 0) is 23.7 Å². The molecule has 19 heavy (non-hydrogen) atoms. The van der Waals surface area contributed by atoms with Gasteiger partial charge < -0.3 is 19.6 Å². The minimum absolute atomic E-state index is 0.221. The number of hydrogen-bond acceptors (Lipinski definition) is 3. The summed E-state index contributed by atoms with van der Waals surface area (Å²) < 4.78 is 18.0. The molecular weight excluding hydrogens is 267 g/mol. The summed E-state index contributed by atoms with van der Waals surface area (Å²) in [5.41, 5.74) is -1.10. The third kappa shape index (κ3) is 2.52. The molecule has 0 aromatic rings. The number of aliphatic hydroxyl groups is 1. The van der Waals surface area contributed by atoms with Crippen LogP contribution < -0.4 is 0 Å². The normalized spacial score (nSPS) is 27.1. The first kappa shape index (κ1) is 17.1. The number of rotatable bonds is 6. The molecule has 0 saturated heterocycles. The van der Waals surface area contributed by atoms with Crippen molar-refractivity contribution in [2.75, 3.05) is 6.61 Å². The highest BCUT2D eigenvalue weighted by Crippen LogP contribution is 2.67. The summed E-state index contributed by atoms with van der Waals surface area (Å²) in [7, 11) is -4.48. The van der Waals surface area contributed by atoms with Crippen LogP contribution in [0.4, 0.5) is 0 Å². The first-order chi connectivity index (χ1) is 8.36. The molecule has 1 fully saturated rings. The van der Waals surface area contributed by atoms with Crippen molar-refractivity contribution in [3.63, 3.8) is 0 Å². The fourth-order valence-electron chi connectivity index (χ4n) is 3.09. The van der Waals surface area contributed by atoms with Gasteiger partial charge in [0.05, 0.1) is 12.2 Å². The minimum atomic E-state index is -4.48. The lowest BCUT2D eigenvalue weighted by molar-refractivity contribution is -0.146. The Hall–Kier alpha value is 0.0700. The van der Waals surface area contributed by atoms with Gasteiger partial charge in [-0.25, -0.2) is 0 Å². The van der Waals surface area contributed by atoms with E-state index in [1.165, 1.54) is 0 Å². The molecule has 0 spiro atoms. The van der Waals surface area contributed by atoms with Crippen LogP contribution >= 0.6 is 7.60 Å². The van der Waals surface area contributed by atoms with E-state index in [1.807, 2.05) is 13.8 Å². The summed E-state index contributed by atoms with van der Waals surface area (Å²) in [5.74, 6) is -0.707. The van der Waals surface area contributed by atoms with Gasteiger partial charge in [-0.15, -0.1) is 0 Å². The largest absolute Gasteiger partial charge is 0.393 e. The van der Waals surface area contributed by atoms with Gasteiger partial charge in [0.2, 0.25) is 0 Å². The Balaban J connectivity index is 3.24. The molecule has 1 unspecified atom stereocenters. The Morgan fingerprint density at radius 1 is 1.21 bits per heavy atom. The van der Waals surface area contributed by atoms with E-state index in [4.69, 9.17) is 4.74 Å². The van der Waals surface area contributed by atoms with Crippen molar-refractivity contribution in [1.82, 2.24) is 0 Å². The predicted molar refractivity (Wildman–Crippen MR) is 73.8 cm³/mol. The summed E-state index contributed by atoms with van der Waals surface area (Å²) in [6.45, 7) is 10.7. The minimum Gasteiger partial charge on any atom is -0.393 e. The Morgan fingerprint density at radius 3 is 1.74 bits per heavy atom. The molecule has 0 amide bonds. The van der Waals surface area contributed by atoms with Gasteiger partial charge in [-0.3, -0.25) is 4.57 Å². The maximum absolute atomic E-state index is 12.1. The van der Waals surface area contributed by atoms with Gasteiger partial charge in [-0.1, -0.05) is 41.5 Å². The molecule has 1 saturated carbocycles. The topological polar surface area (TPSA) is 87.0 Å². The predicted octanol–water partition coefficient (Wildman–Crippen LogP) is 2.35. The lowest BCUT2D eigenvalue weighted by atomic mass is 9.94. The van der Waals surface area contributed by atoms with E-state index in [1.54, 1.807) is 27.7 Å². The van der Waals surface area contributed by atoms with E-state index >= 15 is 0 Å². The van der Waals surface area contributed by atoms with E-state index in [2.05, 4.69) is 0 Å². The molecule has 114 valence electrons. The molecule has 0 aromatic heterocycles. The van der Waals surface area contributed by atoms with Crippen molar-refractivity contribution in [3.8, 4) is 0 Å². The number of aliphatic hydroxyl groups excluding tert-OH is 1. The van der Waals surface area contributed by atoms with Crippen LogP contribution in [-0.4, -0.2) is 32.4 Å². The second-order valence-electron chi connectivity index (χ2n) is 6.92. The van der Waals surface area contributed by atoms with Crippen LogP contribution in [0.2, 0.25) is 0 Å². The summed E-state index contributed by atoms with van der Waals surface area (Å²) in [4.78, 5) is 19.7. The van der Waals surface area contributed by atoms with Crippen molar-refractivity contribution >= 4 is 7.60 Å². The van der Waals surface area contributed by atoms with Crippen molar-refractivity contribution < 1.29 is 24.2 Å². The zero-order valence-corrected chi connectivity index (χ0v) is 13.6. The van der Waals surface area contributed by atoms with Crippen LogP contribution in [-0.2, 0) is 9.30 Å². The molecule has 3 N–H and O–H groups in total. The van der Waals surface area contributed by atoms with E-state index < -0.39 is 18.5 Å². The summed E-state index contributed by atoms with van der Waals surface area (Å²) >= 11 is 0. The highest BCUT2D eigenvalue weighted by atomic mass is 31.2. The molecule has 0 aromatic carbocycles. The monoisotopic (exact) mass is 294 g/mol. The molecule has 1 aliphatic rings. The van der Waals surface area contributed by atoms with Crippen molar-refractivity contribution in [1.29, 1.82) is 0 Å². The van der Waals surface area contributed by atoms with Gasteiger partial charge in [0.15, 0.2) is 5.34 Å². The van der Waals surface area contributed by atoms with Crippen molar-refractivity contribution in [2.45, 2.75) is 58.9 Å². The molecule has 0 heterocycles.